The number of hydrogen-bond donors (Lipinski definition) is 3. The fourth-order valence-corrected chi connectivity index (χ4v) is 0.997. The zero-order valence-electron chi connectivity index (χ0n) is 7.31. The van der Waals surface area contributed by atoms with E-state index in [0.717, 1.165) is 0 Å². The SMILES string of the molecule is NC(=O)c1ccc(C(N)C(=O)O)cc1. The van der Waals surface area contributed by atoms with Crippen molar-refractivity contribution in [3.8, 4) is 0 Å². The molecule has 74 valence electrons. The molecule has 0 aliphatic carbocycles. The van der Waals surface area contributed by atoms with Crippen LogP contribution in [0.5, 0.6) is 0 Å². The molecule has 1 rings (SSSR count). The molecule has 0 heterocycles. The molecule has 0 fully saturated rings. The molecule has 14 heavy (non-hydrogen) atoms. The molecule has 0 radical (unpaired) electrons. The third kappa shape index (κ3) is 2.08. The van der Waals surface area contributed by atoms with Gasteiger partial charge >= 0.3 is 5.97 Å². The van der Waals surface area contributed by atoms with E-state index in [1.165, 1.54) is 24.3 Å². The van der Waals surface area contributed by atoms with E-state index in [1.807, 2.05) is 0 Å². The molecule has 5 heteroatoms. The highest BCUT2D eigenvalue weighted by atomic mass is 16.4. The summed E-state index contributed by atoms with van der Waals surface area (Å²) in [4.78, 5) is 21.2. The molecule has 5 nitrogen and oxygen atoms in total. The number of amides is 1. The fraction of sp³-hybridized carbons (Fsp3) is 0.111. The van der Waals surface area contributed by atoms with Gasteiger partial charge in [-0.3, -0.25) is 9.59 Å². The minimum Gasteiger partial charge on any atom is -0.480 e. The van der Waals surface area contributed by atoms with Gasteiger partial charge in [0, 0.05) is 5.56 Å². The van der Waals surface area contributed by atoms with Crippen molar-refractivity contribution in [2.24, 2.45) is 11.5 Å². The molecule has 0 saturated carbocycles. The maximum atomic E-state index is 10.7. The minimum absolute atomic E-state index is 0.325. The number of nitrogens with two attached hydrogens (primary N) is 2. The Bertz CT molecular complexity index is 359. The van der Waals surface area contributed by atoms with Crippen LogP contribution in [-0.4, -0.2) is 17.0 Å². The summed E-state index contributed by atoms with van der Waals surface area (Å²) in [5, 5.41) is 8.60. The Morgan fingerprint density at radius 2 is 1.71 bits per heavy atom. The van der Waals surface area contributed by atoms with E-state index >= 15 is 0 Å². The second-order valence-electron chi connectivity index (χ2n) is 2.80. The van der Waals surface area contributed by atoms with Gasteiger partial charge in [-0.1, -0.05) is 12.1 Å². The van der Waals surface area contributed by atoms with Gasteiger partial charge in [0.1, 0.15) is 6.04 Å². The third-order valence-electron chi connectivity index (χ3n) is 1.82. The Kier molecular flexibility index (Phi) is 2.83. The smallest absolute Gasteiger partial charge is 0.325 e. The van der Waals surface area contributed by atoms with Gasteiger partial charge in [-0.25, -0.2) is 0 Å². The van der Waals surface area contributed by atoms with Gasteiger partial charge < -0.3 is 16.6 Å². The summed E-state index contributed by atoms with van der Waals surface area (Å²) in [6.45, 7) is 0. The second-order valence-corrected chi connectivity index (χ2v) is 2.80. The van der Waals surface area contributed by atoms with Gasteiger partial charge in [-0.2, -0.15) is 0 Å². The highest BCUT2D eigenvalue weighted by Crippen LogP contribution is 2.11. The summed E-state index contributed by atoms with van der Waals surface area (Å²) in [5.41, 5.74) is 11.1. The Hall–Kier alpha value is -1.88. The highest BCUT2D eigenvalue weighted by molar-refractivity contribution is 5.92. The lowest BCUT2D eigenvalue weighted by molar-refractivity contribution is -0.138. The molecular weight excluding hydrogens is 184 g/mol. The average molecular weight is 194 g/mol. The van der Waals surface area contributed by atoms with Crippen molar-refractivity contribution in [2.45, 2.75) is 6.04 Å². The van der Waals surface area contributed by atoms with Crippen LogP contribution in [0.4, 0.5) is 0 Å². The lowest BCUT2D eigenvalue weighted by Gasteiger charge is -2.06. The fourth-order valence-electron chi connectivity index (χ4n) is 0.997. The van der Waals surface area contributed by atoms with Crippen LogP contribution in [0.15, 0.2) is 24.3 Å². The molecular formula is C9H10N2O3. The number of primary amides is 1. The van der Waals surface area contributed by atoms with Crippen molar-refractivity contribution in [1.82, 2.24) is 0 Å². The Labute approximate surface area is 80.3 Å². The zero-order chi connectivity index (χ0) is 10.7. The maximum Gasteiger partial charge on any atom is 0.325 e. The predicted octanol–water partition coefficient (Wildman–Crippen LogP) is -0.130. The van der Waals surface area contributed by atoms with Gasteiger partial charge in [0.25, 0.3) is 0 Å². The summed E-state index contributed by atoms with van der Waals surface area (Å²) in [5.74, 6) is -1.67. The molecule has 1 unspecified atom stereocenters. The van der Waals surface area contributed by atoms with Crippen molar-refractivity contribution in [3.05, 3.63) is 35.4 Å². The lowest BCUT2D eigenvalue weighted by Crippen LogP contribution is -2.20. The number of aliphatic carboxylic acids is 1. The number of carboxylic acids is 1. The first kappa shape index (κ1) is 10.2. The Morgan fingerprint density at radius 1 is 1.21 bits per heavy atom. The molecule has 0 aliphatic heterocycles. The van der Waals surface area contributed by atoms with Crippen LogP contribution in [0.2, 0.25) is 0 Å². The number of carbonyl (C=O) groups excluding carboxylic acids is 1. The van der Waals surface area contributed by atoms with E-state index in [-0.39, 0.29) is 0 Å². The van der Waals surface area contributed by atoms with E-state index in [2.05, 4.69) is 0 Å². The molecule has 0 aromatic heterocycles. The zero-order valence-corrected chi connectivity index (χ0v) is 7.31. The van der Waals surface area contributed by atoms with Crippen molar-refractivity contribution in [2.75, 3.05) is 0 Å². The van der Waals surface area contributed by atoms with Crippen molar-refractivity contribution in [1.29, 1.82) is 0 Å². The summed E-state index contributed by atoms with van der Waals surface area (Å²) < 4.78 is 0. The molecule has 1 atom stereocenters. The summed E-state index contributed by atoms with van der Waals surface area (Å²) in [6, 6.07) is 4.76. The first-order valence-electron chi connectivity index (χ1n) is 3.90. The number of benzene rings is 1. The topological polar surface area (TPSA) is 106 Å². The third-order valence-corrected chi connectivity index (χ3v) is 1.82. The van der Waals surface area contributed by atoms with Crippen LogP contribution in [0.25, 0.3) is 0 Å². The lowest BCUT2D eigenvalue weighted by atomic mass is 10.1. The van der Waals surface area contributed by atoms with Gasteiger partial charge in [0.15, 0.2) is 0 Å². The van der Waals surface area contributed by atoms with Crippen LogP contribution >= 0.6 is 0 Å². The van der Waals surface area contributed by atoms with Gasteiger partial charge in [0.05, 0.1) is 0 Å². The van der Waals surface area contributed by atoms with Crippen LogP contribution in [-0.2, 0) is 4.79 Å². The molecule has 0 aliphatic rings. The minimum atomic E-state index is -1.11. The first-order chi connectivity index (χ1) is 6.52. The van der Waals surface area contributed by atoms with E-state index in [0.29, 0.717) is 11.1 Å². The van der Waals surface area contributed by atoms with Gasteiger partial charge in [0.2, 0.25) is 5.91 Å². The van der Waals surface area contributed by atoms with Gasteiger partial charge in [-0.05, 0) is 17.7 Å². The second kappa shape index (κ2) is 3.89. The predicted molar refractivity (Wildman–Crippen MR) is 49.5 cm³/mol. The standard InChI is InChI=1S/C9H10N2O3/c10-7(9(13)14)5-1-3-6(4-2-5)8(11)12/h1-4,7H,10H2,(H2,11,12)(H,13,14). The van der Waals surface area contributed by atoms with E-state index in [1.54, 1.807) is 0 Å². The maximum absolute atomic E-state index is 10.7. The summed E-state index contributed by atoms with van der Waals surface area (Å²) in [6.07, 6.45) is 0. The summed E-state index contributed by atoms with van der Waals surface area (Å²) >= 11 is 0. The Balaban J connectivity index is 2.94. The van der Waals surface area contributed by atoms with Crippen LogP contribution in [0.1, 0.15) is 22.0 Å². The normalized spacial score (nSPS) is 12.1. The Morgan fingerprint density at radius 3 is 2.07 bits per heavy atom. The quantitative estimate of drug-likeness (QED) is 0.623. The van der Waals surface area contributed by atoms with E-state index in [4.69, 9.17) is 16.6 Å². The number of rotatable bonds is 3. The monoisotopic (exact) mass is 194 g/mol. The summed E-state index contributed by atoms with van der Waals surface area (Å²) in [7, 11) is 0. The van der Waals surface area contributed by atoms with Crippen molar-refractivity contribution in [3.63, 3.8) is 0 Å². The van der Waals surface area contributed by atoms with E-state index in [9.17, 15) is 9.59 Å². The molecule has 0 spiro atoms. The van der Waals surface area contributed by atoms with Crippen LogP contribution < -0.4 is 11.5 Å². The van der Waals surface area contributed by atoms with Crippen molar-refractivity contribution >= 4 is 11.9 Å². The largest absolute Gasteiger partial charge is 0.480 e. The van der Waals surface area contributed by atoms with Crippen molar-refractivity contribution < 1.29 is 14.7 Å². The van der Waals surface area contributed by atoms with Crippen LogP contribution in [0, 0.1) is 0 Å². The van der Waals surface area contributed by atoms with Gasteiger partial charge in [-0.15, -0.1) is 0 Å². The van der Waals surface area contributed by atoms with Crippen LogP contribution in [0.3, 0.4) is 0 Å². The molecule has 0 saturated heterocycles. The average Bonchev–Trinajstić information content (AvgIpc) is 2.16. The molecule has 1 aromatic carbocycles. The molecule has 1 amide bonds. The molecule has 5 N–H and O–H groups in total. The molecule has 1 aromatic rings. The number of carboxylic acid groups (broad SMARTS) is 1. The molecule has 0 bridgehead atoms. The highest BCUT2D eigenvalue weighted by Gasteiger charge is 2.13. The first-order valence-corrected chi connectivity index (χ1v) is 3.90. The van der Waals surface area contributed by atoms with E-state index < -0.39 is 17.9 Å². The number of hydrogen-bond acceptors (Lipinski definition) is 3. The number of carbonyl (C=O) groups is 2.